The molecule has 1 amide bonds. The molecule has 0 aliphatic heterocycles. The molecule has 0 spiro atoms. The van der Waals surface area contributed by atoms with Gasteiger partial charge < -0.3 is 15.0 Å². The largest absolute Gasteiger partial charge is 0.480 e. The molecular weight excluding hydrogens is 236 g/mol. The third kappa shape index (κ3) is 2.70. The Labute approximate surface area is 102 Å². The van der Waals surface area contributed by atoms with Crippen LogP contribution in [0.4, 0.5) is 5.82 Å². The first-order chi connectivity index (χ1) is 8.66. The van der Waals surface area contributed by atoms with Gasteiger partial charge in [-0.05, 0) is 24.3 Å². The maximum absolute atomic E-state index is 11.9. The van der Waals surface area contributed by atoms with Crippen LogP contribution in [-0.2, 0) is 11.3 Å². The average Bonchev–Trinajstić information content (AvgIpc) is 2.77. The number of nitrogens with zero attached hydrogens (tertiary/aromatic N) is 3. The normalized spacial score (nSPS) is 10.0. The minimum Gasteiger partial charge on any atom is -0.480 e. The second-order valence-corrected chi connectivity index (χ2v) is 3.48. The summed E-state index contributed by atoms with van der Waals surface area (Å²) in [5, 5.41) is 18.6. The van der Waals surface area contributed by atoms with Crippen molar-refractivity contribution in [2.45, 2.75) is 6.54 Å². The maximum Gasteiger partial charge on any atom is 0.323 e. The molecule has 2 aromatic heterocycles. The summed E-state index contributed by atoms with van der Waals surface area (Å²) in [6, 6.07) is 6.37. The van der Waals surface area contributed by atoms with Crippen LogP contribution in [-0.4, -0.2) is 31.7 Å². The summed E-state index contributed by atoms with van der Waals surface area (Å²) in [5.74, 6) is -1.13. The van der Waals surface area contributed by atoms with Gasteiger partial charge in [-0.3, -0.25) is 9.59 Å². The molecule has 0 atom stereocenters. The van der Waals surface area contributed by atoms with Crippen molar-refractivity contribution in [2.75, 3.05) is 5.32 Å². The van der Waals surface area contributed by atoms with Crippen LogP contribution >= 0.6 is 0 Å². The quantitative estimate of drug-likeness (QED) is 0.824. The summed E-state index contributed by atoms with van der Waals surface area (Å²) < 4.78 is 1.34. The fourth-order valence-electron chi connectivity index (χ4n) is 1.45. The van der Waals surface area contributed by atoms with Gasteiger partial charge in [0.2, 0.25) is 0 Å². The second-order valence-electron chi connectivity index (χ2n) is 3.48. The third-order valence-electron chi connectivity index (χ3n) is 2.18. The number of carboxylic acid groups (broad SMARTS) is 1. The zero-order chi connectivity index (χ0) is 13.0. The molecule has 0 aromatic carbocycles. The van der Waals surface area contributed by atoms with Gasteiger partial charge in [-0.1, -0.05) is 0 Å². The highest BCUT2D eigenvalue weighted by Crippen LogP contribution is 2.06. The third-order valence-corrected chi connectivity index (χ3v) is 2.18. The number of hydrogen-bond donors (Lipinski definition) is 2. The molecular formula is C11H10N4O3. The number of hydrogen-bond acceptors (Lipinski definition) is 4. The van der Waals surface area contributed by atoms with Crippen LogP contribution in [0.15, 0.2) is 36.7 Å². The summed E-state index contributed by atoms with van der Waals surface area (Å²) in [5.41, 5.74) is 0.253. The van der Waals surface area contributed by atoms with Gasteiger partial charge in [0.25, 0.3) is 5.91 Å². The van der Waals surface area contributed by atoms with Gasteiger partial charge in [-0.2, -0.15) is 5.10 Å². The van der Waals surface area contributed by atoms with Gasteiger partial charge in [0, 0.05) is 12.4 Å². The van der Waals surface area contributed by atoms with Crippen LogP contribution in [0, 0.1) is 0 Å². The number of carbonyl (C=O) groups excluding carboxylic acids is 1. The molecule has 0 radical (unpaired) electrons. The number of nitrogens with one attached hydrogen (secondary N) is 1. The van der Waals surface area contributed by atoms with Crippen molar-refractivity contribution in [1.29, 1.82) is 0 Å². The number of aliphatic carboxylic acids is 1. The Morgan fingerprint density at radius 1 is 1.33 bits per heavy atom. The first kappa shape index (κ1) is 11.8. The van der Waals surface area contributed by atoms with Crippen molar-refractivity contribution in [2.24, 2.45) is 0 Å². The topological polar surface area (TPSA) is 97.1 Å². The molecule has 0 unspecified atom stereocenters. The molecule has 7 heteroatoms. The van der Waals surface area contributed by atoms with Gasteiger partial charge in [0.05, 0.1) is 0 Å². The van der Waals surface area contributed by atoms with Crippen molar-refractivity contribution in [3.63, 3.8) is 0 Å². The van der Waals surface area contributed by atoms with Crippen LogP contribution in [0.25, 0.3) is 0 Å². The summed E-state index contributed by atoms with van der Waals surface area (Å²) in [4.78, 5) is 22.5. The fourth-order valence-corrected chi connectivity index (χ4v) is 1.45. The van der Waals surface area contributed by atoms with E-state index in [4.69, 9.17) is 5.11 Å². The Hall–Kier alpha value is -2.70. The number of anilines is 1. The Balaban J connectivity index is 2.14. The first-order valence-electron chi connectivity index (χ1n) is 5.13. The first-order valence-corrected chi connectivity index (χ1v) is 5.13. The molecule has 0 saturated carbocycles. The molecule has 2 N–H and O–H groups in total. The molecule has 0 fully saturated rings. The molecule has 7 nitrogen and oxygen atoms in total. The lowest BCUT2D eigenvalue weighted by atomic mass is 10.4. The highest BCUT2D eigenvalue weighted by molar-refractivity contribution is 6.02. The highest BCUT2D eigenvalue weighted by Gasteiger charge is 2.13. The predicted octanol–water partition coefficient (Wildman–Crippen LogP) is 0.615. The highest BCUT2D eigenvalue weighted by atomic mass is 16.4. The van der Waals surface area contributed by atoms with E-state index in [1.165, 1.54) is 23.0 Å². The van der Waals surface area contributed by atoms with E-state index in [1.54, 1.807) is 18.2 Å². The minimum atomic E-state index is -1.01. The zero-order valence-corrected chi connectivity index (χ0v) is 9.28. The van der Waals surface area contributed by atoms with E-state index in [1.807, 2.05) is 0 Å². The summed E-state index contributed by atoms with van der Waals surface area (Å²) in [6.45, 7) is -0.268. The Morgan fingerprint density at radius 3 is 2.83 bits per heavy atom. The van der Waals surface area contributed by atoms with Gasteiger partial charge in [-0.15, -0.1) is 5.10 Å². The van der Waals surface area contributed by atoms with Gasteiger partial charge in [-0.25, -0.2) is 0 Å². The van der Waals surface area contributed by atoms with Crippen LogP contribution < -0.4 is 5.32 Å². The van der Waals surface area contributed by atoms with Crippen molar-refractivity contribution < 1.29 is 14.7 Å². The standard InChI is InChI=1S/C11H10N4O3/c16-10(17)7-15-6-2-3-8(15)11(18)13-9-4-1-5-12-14-9/h1-6H,7H2,(H,16,17)(H,13,14,18). The monoisotopic (exact) mass is 246 g/mol. The zero-order valence-electron chi connectivity index (χ0n) is 9.28. The van der Waals surface area contributed by atoms with Crippen molar-refractivity contribution >= 4 is 17.7 Å². The van der Waals surface area contributed by atoms with Crippen LogP contribution in [0.1, 0.15) is 10.5 Å². The van der Waals surface area contributed by atoms with Crippen molar-refractivity contribution in [1.82, 2.24) is 14.8 Å². The fraction of sp³-hybridized carbons (Fsp3) is 0.0909. The molecule has 0 aliphatic carbocycles. The smallest absolute Gasteiger partial charge is 0.323 e. The molecule has 92 valence electrons. The van der Waals surface area contributed by atoms with Gasteiger partial charge in [0.1, 0.15) is 12.2 Å². The predicted molar refractivity (Wildman–Crippen MR) is 62.1 cm³/mol. The van der Waals surface area contributed by atoms with Crippen LogP contribution in [0.5, 0.6) is 0 Å². The Bertz CT molecular complexity index is 565. The molecule has 0 saturated heterocycles. The van der Waals surface area contributed by atoms with Crippen LogP contribution in [0.3, 0.4) is 0 Å². The lowest BCUT2D eigenvalue weighted by molar-refractivity contribution is -0.137. The number of aromatic nitrogens is 3. The lowest BCUT2D eigenvalue weighted by Crippen LogP contribution is -2.20. The molecule has 2 rings (SSSR count). The van der Waals surface area contributed by atoms with Crippen LogP contribution in [0.2, 0.25) is 0 Å². The summed E-state index contributed by atoms with van der Waals surface area (Å²) >= 11 is 0. The Kier molecular flexibility index (Phi) is 3.33. The summed E-state index contributed by atoms with van der Waals surface area (Å²) in [7, 11) is 0. The maximum atomic E-state index is 11.9. The summed E-state index contributed by atoms with van der Waals surface area (Å²) in [6.07, 6.45) is 3.02. The number of amides is 1. The average molecular weight is 246 g/mol. The molecule has 0 aliphatic rings. The van der Waals surface area contributed by atoms with E-state index in [0.717, 1.165) is 0 Å². The van der Waals surface area contributed by atoms with Gasteiger partial charge in [0.15, 0.2) is 5.82 Å². The molecule has 0 bridgehead atoms. The molecule has 18 heavy (non-hydrogen) atoms. The molecule has 2 heterocycles. The minimum absolute atomic E-state index is 0.253. The molecule has 2 aromatic rings. The van der Waals surface area contributed by atoms with Crippen molar-refractivity contribution in [3.05, 3.63) is 42.4 Å². The SMILES string of the molecule is O=C(O)Cn1cccc1C(=O)Nc1cccnn1. The Morgan fingerprint density at radius 2 is 2.17 bits per heavy atom. The van der Waals surface area contributed by atoms with E-state index in [0.29, 0.717) is 5.82 Å². The van der Waals surface area contributed by atoms with E-state index >= 15 is 0 Å². The van der Waals surface area contributed by atoms with E-state index < -0.39 is 11.9 Å². The number of carbonyl (C=O) groups is 2. The van der Waals surface area contributed by atoms with E-state index in [9.17, 15) is 9.59 Å². The lowest BCUT2D eigenvalue weighted by Gasteiger charge is -2.06. The number of rotatable bonds is 4. The number of carboxylic acids is 1. The van der Waals surface area contributed by atoms with Crippen molar-refractivity contribution in [3.8, 4) is 0 Å². The van der Waals surface area contributed by atoms with E-state index in [2.05, 4.69) is 15.5 Å². The van der Waals surface area contributed by atoms with Gasteiger partial charge >= 0.3 is 5.97 Å². The van der Waals surface area contributed by atoms with E-state index in [-0.39, 0.29) is 12.2 Å². The second kappa shape index (κ2) is 5.09.